The number of furan rings is 1. The molecule has 0 spiro atoms. The third-order valence-electron chi connectivity index (χ3n) is 3.56. The Balaban J connectivity index is 1.86. The molecule has 0 aliphatic carbocycles. The maximum Gasteiger partial charge on any atom is 0.336 e. The lowest BCUT2D eigenvalue weighted by atomic mass is 10.1. The van der Waals surface area contributed by atoms with Gasteiger partial charge in [0.25, 0.3) is 0 Å². The topological polar surface area (TPSA) is 52.6 Å². The van der Waals surface area contributed by atoms with Crippen molar-refractivity contribution in [1.29, 1.82) is 0 Å². The molecule has 1 aromatic carbocycles. The normalized spacial score (nSPS) is 11.3. The highest BCUT2D eigenvalue weighted by Gasteiger charge is 2.14. The van der Waals surface area contributed by atoms with Crippen LogP contribution in [0.4, 0.5) is 0 Å². The molecule has 5 heteroatoms. The molecule has 116 valence electrons. The van der Waals surface area contributed by atoms with Gasteiger partial charge in [0.2, 0.25) is 5.75 Å². The number of ether oxygens (including phenoxy) is 1. The van der Waals surface area contributed by atoms with Gasteiger partial charge in [-0.25, -0.2) is 4.79 Å². The average molecular weight is 365 g/mol. The summed E-state index contributed by atoms with van der Waals surface area (Å²) in [5.74, 6) is 0.524. The van der Waals surface area contributed by atoms with Gasteiger partial charge in [0, 0.05) is 22.2 Å². The Hall–Kier alpha value is -1.75. The Kier molecular flexibility index (Phi) is 4.83. The highest BCUT2D eigenvalue weighted by atomic mass is 79.9. The van der Waals surface area contributed by atoms with Gasteiger partial charge in [0.05, 0.1) is 12.9 Å². The Labute approximate surface area is 136 Å². The molecule has 0 radical (unpaired) electrons. The van der Waals surface area contributed by atoms with E-state index in [0.29, 0.717) is 23.5 Å². The Bertz CT molecular complexity index is 818. The van der Waals surface area contributed by atoms with Gasteiger partial charge in [-0.2, -0.15) is 0 Å². The number of benzene rings is 1. The van der Waals surface area contributed by atoms with Crippen molar-refractivity contribution in [2.24, 2.45) is 0 Å². The quantitative estimate of drug-likeness (QED) is 0.340. The monoisotopic (exact) mass is 364 g/mol. The van der Waals surface area contributed by atoms with Crippen LogP contribution in [-0.2, 0) is 0 Å². The molecular formula is C17H17BrO4. The fourth-order valence-corrected chi connectivity index (χ4v) is 2.86. The molecule has 0 amide bonds. The largest absolute Gasteiger partial charge is 0.486 e. The van der Waals surface area contributed by atoms with Crippen LogP contribution in [0.5, 0.6) is 5.75 Å². The second-order valence-corrected chi connectivity index (χ2v) is 5.96. The van der Waals surface area contributed by atoms with Gasteiger partial charge in [-0.15, -0.1) is 0 Å². The van der Waals surface area contributed by atoms with Gasteiger partial charge < -0.3 is 13.6 Å². The van der Waals surface area contributed by atoms with Crippen LogP contribution in [-0.4, -0.2) is 11.9 Å². The zero-order chi connectivity index (χ0) is 15.4. The fraction of sp³-hybridized carbons (Fsp3) is 0.353. The number of fused-ring (bicyclic) bond motifs is 2. The van der Waals surface area contributed by atoms with Crippen molar-refractivity contribution in [1.82, 2.24) is 0 Å². The summed E-state index contributed by atoms with van der Waals surface area (Å²) in [6, 6.07) is 6.97. The van der Waals surface area contributed by atoms with Crippen LogP contribution in [0.25, 0.3) is 21.9 Å². The number of hydrogen-bond donors (Lipinski definition) is 0. The van der Waals surface area contributed by atoms with Crippen molar-refractivity contribution < 1.29 is 13.6 Å². The molecule has 0 fully saturated rings. The summed E-state index contributed by atoms with van der Waals surface area (Å²) in [6.07, 6.45) is 6.04. The Morgan fingerprint density at radius 3 is 2.68 bits per heavy atom. The molecule has 0 unspecified atom stereocenters. The lowest BCUT2D eigenvalue weighted by Crippen LogP contribution is -2.01. The summed E-state index contributed by atoms with van der Waals surface area (Å²) in [5, 5.41) is 2.81. The van der Waals surface area contributed by atoms with E-state index in [1.165, 1.54) is 18.9 Å². The van der Waals surface area contributed by atoms with Crippen molar-refractivity contribution in [3.8, 4) is 5.75 Å². The first-order valence-corrected chi connectivity index (χ1v) is 8.54. The highest BCUT2D eigenvalue weighted by molar-refractivity contribution is 9.09. The zero-order valence-corrected chi connectivity index (χ0v) is 13.7. The highest BCUT2D eigenvalue weighted by Crippen LogP contribution is 2.35. The van der Waals surface area contributed by atoms with Crippen LogP contribution in [0.15, 0.2) is 44.2 Å². The van der Waals surface area contributed by atoms with E-state index in [0.717, 1.165) is 28.9 Å². The van der Waals surface area contributed by atoms with E-state index in [1.54, 1.807) is 12.3 Å². The van der Waals surface area contributed by atoms with Crippen molar-refractivity contribution >= 4 is 37.9 Å². The number of alkyl halides is 1. The third kappa shape index (κ3) is 3.19. The molecule has 0 N–H and O–H groups in total. The van der Waals surface area contributed by atoms with Gasteiger partial charge >= 0.3 is 5.63 Å². The van der Waals surface area contributed by atoms with Crippen LogP contribution in [0.2, 0.25) is 0 Å². The van der Waals surface area contributed by atoms with E-state index >= 15 is 0 Å². The zero-order valence-electron chi connectivity index (χ0n) is 12.1. The third-order valence-corrected chi connectivity index (χ3v) is 4.12. The predicted octanol–water partition coefficient (Wildman–Crippen LogP) is 4.87. The lowest BCUT2D eigenvalue weighted by molar-refractivity contribution is 0.302. The van der Waals surface area contributed by atoms with Crippen molar-refractivity contribution in [2.75, 3.05) is 11.9 Å². The second-order valence-electron chi connectivity index (χ2n) is 5.17. The smallest absolute Gasteiger partial charge is 0.336 e. The summed E-state index contributed by atoms with van der Waals surface area (Å²) in [7, 11) is 0. The first-order valence-electron chi connectivity index (χ1n) is 7.42. The minimum absolute atomic E-state index is 0.388. The second kappa shape index (κ2) is 7.01. The molecule has 0 saturated carbocycles. The Morgan fingerprint density at radius 1 is 1.00 bits per heavy atom. The number of unbranched alkanes of at least 4 members (excludes halogenated alkanes) is 3. The molecule has 0 atom stereocenters. The summed E-state index contributed by atoms with van der Waals surface area (Å²) < 4.78 is 16.7. The number of halogens is 1. The van der Waals surface area contributed by atoms with Crippen LogP contribution in [0.1, 0.15) is 25.7 Å². The molecule has 0 aliphatic heterocycles. The summed E-state index contributed by atoms with van der Waals surface area (Å²) in [5.41, 5.74) is 0.693. The van der Waals surface area contributed by atoms with E-state index in [9.17, 15) is 4.79 Å². The molecule has 3 rings (SSSR count). The van der Waals surface area contributed by atoms with Crippen molar-refractivity contribution in [3.05, 3.63) is 40.9 Å². The van der Waals surface area contributed by atoms with E-state index < -0.39 is 0 Å². The van der Waals surface area contributed by atoms with Gasteiger partial charge in [-0.05, 0) is 31.0 Å². The van der Waals surface area contributed by atoms with Crippen LogP contribution in [0, 0.1) is 0 Å². The van der Waals surface area contributed by atoms with Gasteiger partial charge in [-0.1, -0.05) is 28.8 Å². The van der Waals surface area contributed by atoms with Crippen LogP contribution >= 0.6 is 15.9 Å². The van der Waals surface area contributed by atoms with Crippen molar-refractivity contribution in [2.45, 2.75) is 25.7 Å². The molecule has 2 aromatic heterocycles. The number of hydrogen-bond acceptors (Lipinski definition) is 4. The van der Waals surface area contributed by atoms with E-state index in [-0.39, 0.29) is 5.63 Å². The SMILES string of the molecule is O=c1ccc2cc3ccoc3c(OCCCCCCBr)c2o1. The summed E-state index contributed by atoms with van der Waals surface area (Å²) in [6.45, 7) is 0.579. The Morgan fingerprint density at radius 2 is 1.82 bits per heavy atom. The molecule has 0 bridgehead atoms. The molecule has 0 aliphatic rings. The van der Waals surface area contributed by atoms with E-state index in [1.807, 2.05) is 12.1 Å². The van der Waals surface area contributed by atoms with E-state index in [4.69, 9.17) is 13.6 Å². The maximum atomic E-state index is 11.5. The fourth-order valence-electron chi connectivity index (χ4n) is 2.46. The van der Waals surface area contributed by atoms with Gasteiger partial charge in [0.1, 0.15) is 0 Å². The van der Waals surface area contributed by atoms with E-state index in [2.05, 4.69) is 15.9 Å². The summed E-state index contributed by atoms with van der Waals surface area (Å²) in [4.78, 5) is 11.5. The first-order chi connectivity index (χ1) is 10.8. The standard InChI is InChI=1S/C17H17BrO4/c18-8-3-1-2-4-9-20-17-15-13(7-10-21-15)11-12-5-6-14(19)22-16(12)17/h5-7,10-11H,1-4,8-9H2. The van der Waals surface area contributed by atoms with Gasteiger partial charge in [0.15, 0.2) is 11.2 Å². The first kappa shape index (κ1) is 15.2. The minimum atomic E-state index is -0.388. The van der Waals surface area contributed by atoms with Crippen LogP contribution in [0.3, 0.4) is 0 Å². The van der Waals surface area contributed by atoms with Crippen molar-refractivity contribution in [3.63, 3.8) is 0 Å². The lowest BCUT2D eigenvalue weighted by Gasteiger charge is -2.09. The molecule has 22 heavy (non-hydrogen) atoms. The maximum absolute atomic E-state index is 11.5. The summed E-state index contributed by atoms with van der Waals surface area (Å²) >= 11 is 3.43. The average Bonchev–Trinajstić information content (AvgIpc) is 2.98. The molecular weight excluding hydrogens is 348 g/mol. The molecule has 3 aromatic rings. The van der Waals surface area contributed by atoms with Crippen LogP contribution < -0.4 is 10.4 Å². The molecule has 4 nitrogen and oxygen atoms in total. The molecule has 2 heterocycles. The van der Waals surface area contributed by atoms with Gasteiger partial charge in [-0.3, -0.25) is 0 Å². The molecule has 0 saturated heterocycles. The minimum Gasteiger partial charge on any atom is -0.486 e. The predicted molar refractivity (Wildman–Crippen MR) is 90.0 cm³/mol. The number of rotatable bonds is 7.